The van der Waals surface area contributed by atoms with Crippen molar-refractivity contribution in [1.82, 2.24) is 9.55 Å². The van der Waals surface area contributed by atoms with Crippen molar-refractivity contribution in [2.24, 2.45) is 0 Å². The topological polar surface area (TPSA) is 17.8 Å². The van der Waals surface area contributed by atoms with Crippen LogP contribution in [0.2, 0.25) is 0 Å². The molecule has 2 aromatic heterocycles. The molecule has 5 aromatic carbocycles. The Morgan fingerprint density at radius 2 is 1.34 bits per heavy atom. The van der Waals surface area contributed by atoms with E-state index in [9.17, 15) is 0 Å². The van der Waals surface area contributed by atoms with E-state index in [1.807, 2.05) is 17.4 Å². The van der Waals surface area contributed by atoms with Crippen molar-refractivity contribution in [3.8, 4) is 28.2 Å². The number of imidazole rings is 1. The minimum absolute atomic E-state index is 0.960. The van der Waals surface area contributed by atoms with Gasteiger partial charge in [0.15, 0.2) is 0 Å². The third kappa shape index (κ3) is 3.28. The van der Waals surface area contributed by atoms with Crippen molar-refractivity contribution < 1.29 is 0 Å². The summed E-state index contributed by atoms with van der Waals surface area (Å²) in [6.45, 7) is 2.12. The van der Waals surface area contributed by atoms with Gasteiger partial charge in [-0.15, -0.1) is 11.3 Å². The maximum absolute atomic E-state index is 5.03. The standard InChI is InChI=1S/C32H22N2S/c1-21-13-19-24(20-14-21)34-29-11-4-3-10-28(29)33-32(34)23-17-15-22(16-18-23)25-8-6-9-27-26-7-2-5-12-30(26)35-31(25)27/h2-20H,1H3. The smallest absolute Gasteiger partial charge is 0.145 e. The zero-order valence-corrected chi connectivity index (χ0v) is 20.1. The number of fused-ring (bicyclic) bond motifs is 4. The first kappa shape index (κ1) is 20.2. The predicted molar refractivity (Wildman–Crippen MR) is 150 cm³/mol. The van der Waals surface area contributed by atoms with E-state index >= 15 is 0 Å². The molecule has 0 amide bonds. The van der Waals surface area contributed by atoms with Crippen LogP contribution >= 0.6 is 11.3 Å². The van der Waals surface area contributed by atoms with E-state index in [2.05, 4.69) is 121 Å². The molecule has 7 rings (SSSR count). The molecule has 7 aromatic rings. The second-order valence-corrected chi connectivity index (χ2v) is 10.0. The van der Waals surface area contributed by atoms with E-state index in [0.29, 0.717) is 0 Å². The average molecular weight is 467 g/mol. The summed E-state index contributed by atoms with van der Waals surface area (Å²) in [4.78, 5) is 5.03. The summed E-state index contributed by atoms with van der Waals surface area (Å²) >= 11 is 1.87. The molecule has 0 unspecified atom stereocenters. The number of nitrogens with zero attached hydrogens (tertiary/aromatic N) is 2. The largest absolute Gasteiger partial charge is 0.292 e. The van der Waals surface area contributed by atoms with Gasteiger partial charge in [0.25, 0.3) is 0 Å². The van der Waals surface area contributed by atoms with Crippen LogP contribution in [0.3, 0.4) is 0 Å². The number of para-hydroxylation sites is 2. The van der Waals surface area contributed by atoms with Gasteiger partial charge in [0.05, 0.1) is 11.0 Å². The number of thiophene rings is 1. The summed E-state index contributed by atoms with van der Waals surface area (Å²) in [6.07, 6.45) is 0. The monoisotopic (exact) mass is 466 g/mol. The van der Waals surface area contributed by atoms with Crippen LogP contribution in [0, 0.1) is 6.92 Å². The van der Waals surface area contributed by atoms with Gasteiger partial charge in [-0.1, -0.05) is 90.5 Å². The zero-order valence-electron chi connectivity index (χ0n) is 19.3. The van der Waals surface area contributed by atoms with Crippen molar-refractivity contribution >= 4 is 42.5 Å². The second-order valence-electron chi connectivity index (χ2n) is 8.95. The molecule has 0 N–H and O–H groups in total. The summed E-state index contributed by atoms with van der Waals surface area (Å²) in [5.41, 5.74) is 8.10. The number of rotatable bonds is 3. The van der Waals surface area contributed by atoms with Gasteiger partial charge in [-0.2, -0.15) is 0 Å². The van der Waals surface area contributed by atoms with Gasteiger partial charge < -0.3 is 0 Å². The Labute approximate surface area is 207 Å². The highest BCUT2D eigenvalue weighted by Crippen LogP contribution is 2.40. The normalized spacial score (nSPS) is 11.6. The number of hydrogen-bond acceptors (Lipinski definition) is 2. The van der Waals surface area contributed by atoms with Crippen LogP contribution in [0.25, 0.3) is 59.4 Å². The van der Waals surface area contributed by atoms with Gasteiger partial charge in [0.1, 0.15) is 5.82 Å². The summed E-state index contributed by atoms with van der Waals surface area (Å²) in [5.74, 6) is 0.960. The molecule has 3 heteroatoms. The van der Waals surface area contributed by atoms with E-state index in [4.69, 9.17) is 4.98 Å². The lowest BCUT2D eigenvalue weighted by Gasteiger charge is -2.11. The molecule has 2 heterocycles. The lowest BCUT2D eigenvalue weighted by atomic mass is 10.0. The Bertz CT molecular complexity index is 1840. The van der Waals surface area contributed by atoms with E-state index in [1.54, 1.807) is 0 Å². The number of benzene rings is 5. The SMILES string of the molecule is Cc1ccc(-n2c(-c3ccc(-c4cccc5c4sc4ccccc45)cc3)nc3ccccc32)cc1. The third-order valence-electron chi connectivity index (χ3n) is 6.71. The van der Waals surface area contributed by atoms with Crippen LogP contribution in [-0.4, -0.2) is 9.55 Å². The van der Waals surface area contributed by atoms with Crippen LogP contribution < -0.4 is 0 Å². The molecule has 0 bridgehead atoms. The fourth-order valence-corrected chi connectivity index (χ4v) is 6.19. The molecule has 0 atom stereocenters. The van der Waals surface area contributed by atoms with Gasteiger partial charge >= 0.3 is 0 Å². The molecule has 0 spiro atoms. The molecule has 0 fully saturated rings. The Morgan fingerprint density at radius 1 is 0.629 bits per heavy atom. The minimum Gasteiger partial charge on any atom is -0.292 e. The van der Waals surface area contributed by atoms with Gasteiger partial charge in [-0.05, 0) is 48.4 Å². The Morgan fingerprint density at radius 3 is 2.20 bits per heavy atom. The number of hydrogen-bond donors (Lipinski definition) is 0. The Hall–Kier alpha value is -4.21. The molecule has 166 valence electrons. The van der Waals surface area contributed by atoms with E-state index in [-0.39, 0.29) is 0 Å². The molecule has 0 aliphatic carbocycles. The zero-order chi connectivity index (χ0) is 23.4. The molecular weight excluding hydrogens is 444 g/mol. The molecule has 2 nitrogen and oxygen atoms in total. The maximum atomic E-state index is 5.03. The van der Waals surface area contributed by atoms with Crippen molar-refractivity contribution in [3.63, 3.8) is 0 Å². The van der Waals surface area contributed by atoms with Crippen LogP contribution in [0.1, 0.15) is 5.56 Å². The van der Waals surface area contributed by atoms with Crippen LogP contribution in [0.15, 0.2) is 115 Å². The lowest BCUT2D eigenvalue weighted by Crippen LogP contribution is -1.97. The van der Waals surface area contributed by atoms with Gasteiger partial charge in [0.2, 0.25) is 0 Å². The van der Waals surface area contributed by atoms with Crippen molar-refractivity contribution in [1.29, 1.82) is 0 Å². The molecule has 0 radical (unpaired) electrons. The molecule has 0 aliphatic heterocycles. The Balaban J connectivity index is 1.37. The van der Waals surface area contributed by atoms with Gasteiger partial charge in [-0.3, -0.25) is 4.57 Å². The first-order valence-electron chi connectivity index (χ1n) is 11.8. The summed E-state index contributed by atoms with van der Waals surface area (Å²) < 4.78 is 4.93. The molecule has 0 saturated heterocycles. The highest BCUT2D eigenvalue weighted by molar-refractivity contribution is 7.26. The van der Waals surface area contributed by atoms with Crippen molar-refractivity contribution in [3.05, 3.63) is 121 Å². The number of aromatic nitrogens is 2. The molecular formula is C32H22N2S. The van der Waals surface area contributed by atoms with E-state index < -0.39 is 0 Å². The van der Waals surface area contributed by atoms with Crippen molar-refractivity contribution in [2.45, 2.75) is 6.92 Å². The fourth-order valence-electron chi connectivity index (χ4n) is 4.95. The van der Waals surface area contributed by atoms with E-state index in [1.165, 1.54) is 36.9 Å². The fraction of sp³-hybridized carbons (Fsp3) is 0.0312. The first-order chi connectivity index (χ1) is 17.3. The maximum Gasteiger partial charge on any atom is 0.145 e. The Kier molecular flexibility index (Phi) is 4.58. The van der Waals surface area contributed by atoms with Gasteiger partial charge in [0, 0.05) is 31.4 Å². The minimum atomic E-state index is 0.960. The first-order valence-corrected chi connectivity index (χ1v) is 12.6. The summed E-state index contributed by atoms with van der Waals surface area (Å²) in [6, 6.07) is 41.2. The average Bonchev–Trinajstić information content (AvgIpc) is 3.48. The quantitative estimate of drug-likeness (QED) is 0.254. The highest BCUT2D eigenvalue weighted by atomic mass is 32.1. The summed E-state index contributed by atoms with van der Waals surface area (Å²) in [5, 5.41) is 2.66. The van der Waals surface area contributed by atoms with Crippen LogP contribution in [0.4, 0.5) is 0 Å². The third-order valence-corrected chi connectivity index (χ3v) is 7.93. The second kappa shape index (κ2) is 7.93. The molecule has 0 aliphatic rings. The van der Waals surface area contributed by atoms with Gasteiger partial charge in [-0.25, -0.2) is 4.98 Å². The highest BCUT2D eigenvalue weighted by Gasteiger charge is 2.15. The van der Waals surface area contributed by atoms with Crippen LogP contribution in [0.5, 0.6) is 0 Å². The summed E-state index contributed by atoms with van der Waals surface area (Å²) in [7, 11) is 0. The van der Waals surface area contributed by atoms with E-state index in [0.717, 1.165) is 28.1 Å². The van der Waals surface area contributed by atoms with Crippen LogP contribution in [-0.2, 0) is 0 Å². The van der Waals surface area contributed by atoms with Crippen molar-refractivity contribution in [2.75, 3.05) is 0 Å². The predicted octanol–water partition coefficient (Wildman–Crippen LogP) is 9.04. The lowest BCUT2D eigenvalue weighted by molar-refractivity contribution is 1.10. The molecule has 35 heavy (non-hydrogen) atoms. The molecule has 0 saturated carbocycles. The number of aryl methyl sites for hydroxylation is 1.